The normalized spacial score (nSPS) is 10.6. The number of hydrogen-bond acceptors (Lipinski definition) is 2. The van der Waals surface area contributed by atoms with Gasteiger partial charge in [-0.25, -0.2) is 0 Å². The Labute approximate surface area is 114 Å². The van der Waals surface area contributed by atoms with Gasteiger partial charge in [-0.2, -0.15) is 0 Å². The zero-order chi connectivity index (χ0) is 12.4. The van der Waals surface area contributed by atoms with Crippen LogP contribution in [0.15, 0.2) is 30.5 Å². The standard InChI is InChI=1S/C12H8Cl3NO/c13-8-1-2-9(10(14)4-8)7-3-11(15)12(6-17)16-5-7/h1-5,17H,6H2. The van der Waals surface area contributed by atoms with E-state index in [0.29, 0.717) is 20.8 Å². The Balaban J connectivity index is 2.50. The Morgan fingerprint density at radius 2 is 1.82 bits per heavy atom. The molecule has 0 saturated heterocycles. The number of nitrogens with zero attached hydrogens (tertiary/aromatic N) is 1. The van der Waals surface area contributed by atoms with Crippen LogP contribution in [0.25, 0.3) is 11.1 Å². The number of halogens is 3. The number of benzene rings is 1. The number of rotatable bonds is 2. The van der Waals surface area contributed by atoms with Crippen molar-refractivity contribution in [2.24, 2.45) is 0 Å². The number of pyridine rings is 1. The van der Waals surface area contributed by atoms with E-state index in [1.54, 1.807) is 30.5 Å². The SMILES string of the molecule is OCc1ncc(-c2ccc(Cl)cc2Cl)cc1Cl. The molecule has 0 aliphatic heterocycles. The lowest BCUT2D eigenvalue weighted by Crippen LogP contribution is -1.91. The monoisotopic (exact) mass is 287 g/mol. The van der Waals surface area contributed by atoms with Crippen molar-refractivity contribution in [1.82, 2.24) is 4.98 Å². The second-order valence-corrected chi connectivity index (χ2v) is 4.69. The molecular formula is C12H8Cl3NO. The molecule has 1 aromatic carbocycles. The fourth-order valence-corrected chi connectivity index (χ4v) is 2.20. The first-order valence-corrected chi connectivity index (χ1v) is 5.96. The van der Waals surface area contributed by atoms with Gasteiger partial charge in [-0.3, -0.25) is 4.98 Å². The molecule has 0 fully saturated rings. The van der Waals surface area contributed by atoms with Crippen LogP contribution in [0.1, 0.15) is 5.69 Å². The summed E-state index contributed by atoms with van der Waals surface area (Å²) in [6.07, 6.45) is 1.62. The van der Waals surface area contributed by atoms with E-state index in [1.807, 2.05) is 0 Å². The number of aliphatic hydroxyl groups excluding tert-OH is 1. The maximum absolute atomic E-state index is 8.98. The van der Waals surface area contributed by atoms with Crippen molar-refractivity contribution in [2.75, 3.05) is 0 Å². The topological polar surface area (TPSA) is 33.1 Å². The van der Waals surface area contributed by atoms with E-state index < -0.39 is 0 Å². The van der Waals surface area contributed by atoms with E-state index in [2.05, 4.69) is 4.98 Å². The van der Waals surface area contributed by atoms with Crippen LogP contribution in [-0.4, -0.2) is 10.1 Å². The molecule has 0 aliphatic rings. The molecule has 1 N–H and O–H groups in total. The summed E-state index contributed by atoms with van der Waals surface area (Å²) in [7, 11) is 0. The summed E-state index contributed by atoms with van der Waals surface area (Å²) in [5.74, 6) is 0. The van der Waals surface area contributed by atoms with Crippen molar-refractivity contribution in [3.63, 3.8) is 0 Å². The minimum atomic E-state index is -0.187. The first kappa shape index (κ1) is 12.7. The molecule has 0 spiro atoms. The predicted molar refractivity (Wildman–Crippen MR) is 70.6 cm³/mol. The predicted octanol–water partition coefficient (Wildman–Crippen LogP) is 4.20. The fourth-order valence-electron chi connectivity index (χ4n) is 1.45. The average molecular weight is 289 g/mol. The summed E-state index contributed by atoms with van der Waals surface area (Å²) in [6.45, 7) is -0.187. The minimum Gasteiger partial charge on any atom is -0.390 e. The van der Waals surface area contributed by atoms with Crippen molar-refractivity contribution >= 4 is 34.8 Å². The smallest absolute Gasteiger partial charge is 0.0868 e. The first-order chi connectivity index (χ1) is 8.11. The van der Waals surface area contributed by atoms with Crippen molar-refractivity contribution in [2.45, 2.75) is 6.61 Å². The molecule has 5 heteroatoms. The van der Waals surface area contributed by atoms with E-state index in [1.165, 1.54) is 0 Å². The van der Waals surface area contributed by atoms with Gasteiger partial charge < -0.3 is 5.11 Å². The van der Waals surface area contributed by atoms with Crippen LogP contribution in [0.5, 0.6) is 0 Å². The van der Waals surface area contributed by atoms with Crippen LogP contribution in [0.2, 0.25) is 15.1 Å². The van der Waals surface area contributed by atoms with Crippen molar-refractivity contribution in [1.29, 1.82) is 0 Å². The van der Waals surface area contributed by atoms with Gasteiger partial charge in [-0.1, -0.05) is 40.9 Å². The van der Waals surface area contributed by atoms with E-state index in [4.69, 9.17) is 39.9 Å². The third-order valence-electron chi connectivity index (χ3n) is 2.31. The van der Waals surface area contributed by atoms with Crippen molar-refractivity contribution in [3.05, 3.63) is 51.2 Å². The lowest BCUT2D eigenvalue weighted by Gasteiger charge is -2.07. The molecule has 2 aromatic rings. The third-order valence-corrected chi connectivity index (χ3v) is 3.18. The van der Waals surface area contributed by atoms with Crippen LogP contribution in [0.3, 0.4) is 0 Å². The summed E-state index contributed by atoms with van der Waals surface area (Å²) in [6, 6.07) is 6.93. The molecule has 0 saturated carbocycles. The molecule has 2 nitrogen and oxygen atoms in total. The van der Waals surface area contributed by atoms with Crippen LogP contribution in [0, 0.1) is 0 Å². The highest BCUT2D eigenvalue weighted by Crippen LogP contribution is 2.31. The highest BCUT2D eigenvalue weighted by Gasteiger charge is 2.08. The fraction of sp³-hybridized carbons (Fsp3) is 0.0833. The molecule has 88 valence electrons. The van der Waals surface area contributed by atoms with Gasteiger partial charge >= 0.3 is 0 Å². The summed E-state index contributed by atoms with van der Waals surface area (Å²) in [4.78, 5) is 4.06. The zero-order valence-electron chi connectivity index (χ0n) is 8.62. The lowest BCUT2D eigenvalue weighted by molar-refractivity contribution is 0.277. The summed E-state index contributed by atoms with van der Waals surface area (Å²) >= 11 is 17.9. The maximum atomic E-state index is 8.98. The van der Waals surface area contributed by atoms with E-state index >= 15 is 0 Å². The Kier molecular flexibility index (Phi) is 3.89. The zero-order valence-corrected chi connectivity index (χ0v) is 10.9. The third kappa shape index (κ3) is 2.72. The highest BCUT2D eigenvalue weighted by atomic mass is 35.5. The molecule has 0 amide bonds. The second-order valence-electron chi connectivity index (χ2n) is 3.43. The van der Waals surface area contributed by atoms with Gasteiger partial charge in [0.05, 0.1) is 17.3 Å². The number of aliphatic hydroxyl groups is 1. The van der Waals surface area contributed by atoms with Gasteiger partial charge in [-0.15, -0.1) is 0 Å². The van der Waals surface area contributed by atoms with Crippen LogP contribution in [0.4, 0.5) is 0 Å². The summed E-state index contributed by atoms with van der Waals surface area (Å²) in [5, 5.41) is 10.5. The molecule has 2 rings (SSSR count). The maximum Gasteiger partial charge on any atom is 0.0868 e. The Morgan fingerprint density at radius 3 is 2.41 bits per heavy atom. The van der Waals surface area contributed by atoms with Gasteiger partial charge in [0.1, 0.15) is 0 Å². The summed E-state index contributed by atoms with van der Waals surface area (Å²) < 4.78 is 0. The van der Waals surface area contributed by atoms with Gasteiger partial charge in [0, 0.05) is 27.4 Å². The molecule has 0 unspecified atom stereocenters. The number of hydrogen-bond donors (Lipinski definition) is 1. The van der Waals surface area contributed by atoms with E-state index in [0.717, 1.165) is 11.1 Å². The first-order valence-electron chi connectivity index (χ1n) is 4.82. The minimum absolute atomic E-state index is 0.187. The van der Waals surface area contributed by atoms with Crippen molar-refractivity contribution < 1.29 is 5.11 Å². The van der Waals surface area contributed by atoms with Crippen molar-refractivity contribution in [3.8, 4) is 11.1 Å². The Hall–Kier alpha value is -0.800. The Morgan fingerprint density at radius 1 is 1.06 bits per heavy atom. The molecule has 17 heavy (non-hydrogen) atoms. The number of aromatic nitrogens is 1. The van der Waals surface area contributed by atoms with Crippen LogP contribution in [-0.2, 0) is 6.61 Å². The summed E-state index contributed by atoms with van der Waals surface area (Å²) in [5.41, 5.74) is 2.03. The molecule has 1 aromatic heterocycles. The molecule has 0 aliphatic carbocycles. The van der Waals surface area contributed by atoms with Crippen LogP contribution >= 0.6 is 34.8 Å². The van der Waals surface area contributed by atoms with Gasteiger partial charge in [0.15, 0.2) is 0 Å². The quantitative estimate of drug-likeness (QED) is 0.898. The Bertz CT molecular complexity index is 557. The molecule has 0 atom stereocenters. The van der Waals surface area contributed by atoms with Gasteiger partial charge in [0.25, 0.3) is 0 Å². The molecule has 0 bridgehead atoms. The van der Waals surface area contributed by atoms with E-state index in [9.17, 15) is 0 Å². The highest BCUT2D eigenvalue weighted by molar-refractivity contribution is 6.36. The van der Waals surface area contributed by atoms with Gasteiger partial charge in [0.2, 0.25) is 0 Å². The molecular weight excluding hydrogens is 280 g/mol. The molecule has 0 radical (unpaired) electrons. The average Bonchev–Trinajstić information content (AvgIpc) is 2.29. The van der Waals surface area contributed by atoms with Crippen LogP contribution < -0.4 is 0 Å². The lowest BCUT2D eigenvalue weighted by atomic mass is 10.1. The van der Waals surface area contributed by atoms with Gasteiger partial charge in [-0.05, 0) is 18.2 Å². The second kappa shape index (κ2) is 5.23. The molecule has 1 heterocycles. The largest absolute Gasteiger partial charge is 0.390 e. The van der Waals surface area contributed by atoms with E-state index in [-0.39, 0.29) is 6.61 Å².